The monoisotopic (exact) mass is 398 g/mol. The third-order valence-corrected chi connectivity index (χ3v) is 5.84. The van der Waals surface area contributed by atoms with Gasteiger partial charge in [0.1, 0.15) is 0 Å². The Hall–Kier alpha value is -2.45. The molecule has 0 saturated carbocycles. The van der Waals surface area contributed by atoms with Crippen molar-refractivity contribution in [2.24, 2.45) is 0 Å². The van der Waals surface area contributed by atoms with Gasteiger partial charge in [0.05, 0.1) is 10.6 Å². The van der Waals surface area contributed by atoms with Crippen molar-refractivity contribution in [2.45, 2.75) is 31.7 Å². The largest absolute Gasteiger partial charge is 0.446 e. The summed E-state index contributed by atoms with van der Waals surface area (Å²) in [5, 5.41) is 9.05. The molecular formula is C19H18N4O2S2. The zero-order valence-corrected chi connectivity index (χ0v) is 16.8. The molecule has 138 valence electrons. The quantitative estimate of drug-likeness (QED) is 0.607. The molecule has 1 aliphatic heterocycles. The van der Waals surface area contributed by atoms with E-state index in [1.54, 1.807) is 16.2 Å². The van der Waals surface area contributed by atoms with Crippen molar-refractivity contribution in [3.8, 4) is 17.1 Å². The number of para-hydroxylation sites is 1. The van der Waals surface area contributed by atoms with E-state index < -0.39 is 6.23 Å². The van der Waals surface area contributed by atoms with E-state index in [0.29, 0.717) is 23.2 Å². The maximum atomic E-state index is 12.9. The minimum atomic E-state index is -0.593. The highest BCUT2D eigenvalue weighted by Crippen LogP contribution is 2.44. The number of thioether (sulfide) groups is 1. The lowest BCUT2D eigenvalue weighted by atomic mass is 10.1. The summed E-state index contributed by atoms with van der Waals surface area (Å²) >= 11 is 3.01. The number of rotatable bonds is 3. The number of fused-ring (bicyclic) bond motifs is 3. The van der Waals surface area contributed by atoms with Gasteiger partial charge in [0.25, 0.3) is 0 Å². The van der Waals surface area contributed by atoms with Crippen LogP contribution >= 0.6 is 23.1 Å². The van der Waals surface area contributed by atoms with E-state index in [2.05, 4.69) is 15.2 Å². The number of nitrogens with zero attached hydrogens (tertiary/aromatic N) is 4. The van der Waals surface area contributed by atoms with Gasteiger partial charge >= 0.3 is 0 Å². The fourth-order valence-corrected chi connectivity index (χ4v) is 4.21. The van der Waals surface area contributed by atoms with Gasteiger partial charge in [-0.2, -0.15) is 4.98 Å². The Morgan fingerprint density at radius 3 is 2.78 bits per heavy atom. The minimum absolute atomic E-state index is 0.0237. The average Bonchev–Trinajstić information content (AvgIpc) is 3.07. The molecule has 3 heterocycles. The number of aryl methyl sites for hydroxylation is 1. The Morgan fingerprint density at radius 2 is 2.07 bits per heavy atom. The Bertz CT molecular complexity index is 1000. The summed E-state index contributed by atoms with van der Waals surface area (Å²) in [7, 11) is 0. The highest BCUT2D eigenvalue weighted by molar-refractivity contribution is 7.98. The summed E-state index contributed by atoms with van der Waals surface area (Å²) in [5.41, 5.74) is 2.10. The Kier molecular flexibility index (Phi) is 4.84. The molecule has 1 aromatic carbocycles. The Labute approximate surface area is 165 Å². The van der Waals surface area contributed by atoms with Crippen molar-refractivity contribution in [2.75, 3.05) is 11.2 Å². The molecule has 1 aliphatic rings. The molecule has 0 N–H and O–H groups in total. The number of aromatic nitrogens is 3. The van der Waals surface area contributed by atoms with Gasteiger partial charge in [0, 0.05) is 16.9 Å². The molecule has 27 heavy (non-hydrogen) atoms. The summed E-state index contributed by atoms with van der Waals surface area (Å²) in [6.45, 7) is 3.89. The maximum Gasteiger partial charge on any atom is 0.247 e. The Balaban J connectivity index is 1.97. The molecule has 3 aromatic rings. The van der Waals surface area contributed by atoms with Crippen LogP contribution < -0.4 is 9.64 Å². The number of hydrogen-bond acceptors (Lipinski definition) is 7. The molecule has 8 heteroatoms. The number of ether oxygens (including phenoxy) is 1. The lowest BCUT2D eigenvalue weighted by Gasteiger charge is -2.29. The van der Waals surface area contributed by atoms with Crippen molar-refractivity contribution >= 4 is 34.7 Å². The second kappa shape index (κ2) is 7.28. The summed E-state index contributed by atoms with van der Waals surface area (Å²) in [5.74, 6) is 0.369. The number of hydrogen-bond donors (Lipinski definition) is 0. The first-order valence-electron chi connectivity index (χ1n) is 8.55. The van der Waals surface area contributed by atoms with Gasteiger partial charge in [0.15, 0.2) is 5.69 Å². The van der Waals surface area contributed by atoms with Crippen LogP contribution in [-0.4, -0.2) is 27.3 Å². The van der Waals surface area contributed by atoms with Crippen LogP contribution in [0.3, 0.4) is 0 Å². The molecule has 0 spiro atoms. The summed E-state index contributed by atoms with van der Waals surface area (Å²) in [4.78, 5) is 21.3. The van der Waals surface area contributed by atoms with Crippen LogP contribution in [0.4, 0.5) is 5.69 Å². The molecule has 0 unspecified atom stereocenters. The van der Waals surface area contributed by atoms with Crippen LogP contribution in [-0.2, 0) is 4.79 Å². The van der Waals surface area contributed by atoms with Crippen LogP contribution in [0.15, 0.2) is 41.6 Å². The van der Waals surface area contributed by atoms with E-state index in [1.807, 2.05) is 56.5 Å². The number of amides is 1. The number of carbonyl (C=O) groups is 1. The fourth-order valence-electron chi connectivity index (χ4n) is 3.01. The summed E-state index contributed by atoms with van der Waals surface area (Å²) in [6, 6.07) is 11.7. The molecule has 6 nitrogen and oxygen atoms in total. The summed E-state index contributed by atoms with van der Waals surface area (Å²) in [6.07, 6.45) is 1.66. The van der Waals surface area contributed by atoms with Crippen LogP contribution in [0.5, 0.6) is 5.88 Å². The van der Waals surface area contributed by atoms with Crippen LogP contribution in [0, 0.1) is 6.92 Å². The first-order valence-corrected chi connectivity index (χ1v) is 10.6. The number of thiophene rings is 1. The van der Waals surface area contributed by atoms with E-state index >= 15 is 0 Å². The van der Waals surface area contributed by atoms with Crippen LogP contribution in [0.2, 0.25) is 0 Å². The zero-order valence-electron chi connectivity index (χ0n) is 15.2. The molecule has 1 atom stereocenters. The molecule has 2 aromatic heterocycles. The molecule has 0 aliphatic carbocycles. The van der Waals surface area contributed by atoms with Gasteiger partial charge in [-0.1, -0.05) is 36.9 Å². The SMILES string of the molecule is CCC(=O)N1c2ccccc2-c2nnc(SC)nc2O[C@@H]1c1ccc(C)s1. The number of carbonyl (C=O) groups excluding carboxylic acids is 1. The first kappa shape index (κ1) is 17.9. The Morgan fingerprint density at radius 1 is 1.26 bits per heavy atom. The van der Waals surface area contributed by atoms with E-state index in [1.165, 1.54) is 11.8 Å². The average molecular weight is 399 g/mol. The molecule has 1 amide bonds. The first-order chi connectivity index (χ1) is 13.1. The van der Waals surface area contributed by atoms with Gasteiger partial charge < -0.3 is 4.74 Å². The molecule has 0 fully saturated rings. The zero-order chi connectivity index (χ0) is 19.0. The van der Waals surface area contributed by atoms with Gasteiger partial charge in [-0.05, 0) is 31.4 Å². The molecule has 0 radical (unpaired) electrons. The normalized spacial score (nSPS) is 15.5. The van der Waals surface area contributed by atoms with Crippen molar-refractivity contribution in [3.05, 3.63) is 46.2 Å². The van der Waals surface area contributed by atoms with Crippen LogP contribution in [0.25, 0.3) is 11.3 Å². The standard InChI is InChI=1S/C19H18N4O2S2/c1-4-15(24)23-13-8-6-5-7-12(13)16-17(20-19(26-3)22-21-16)25-18(23)14-10-9-11(2)27-14/h5-10,18H,4H2,1-3H3/t18-/m1/s1. The maximum absolute atomic E-state index is 12.9. The second-order valence-electron chi connectivity index (χ2n) is 6.01. The highest BCUT2D eigenvalue weighted by Gasteiger charge is 2.35. The topological polar surface area (TPSA) is 68.2 Å². The lowest BCUT2D eigenvalue weighted by Crippen LogP contribution is -2.36. The lowest BCUT2D eigenvalue weighted by molar-refractivity contribution is -0.120. The smallest absolute Gasteiger partial charge is 0.247 e. The molecular weight excluding hydrogens is 380 g/mol. The number of benzene rings is 1. The fraction of sp³-hybridized carbons (Fsp3) is 0.263. The van der Waals surface area contributed by atoms with Crippen LogP contribution in [0.1, 0.15) is 29.3 Å². The second-order valence-corrected chi connectivity index (χ2v) is 8.10. The third-order valence-electron chi connectivity index (χ3n) is 4.27. The van der Waals surface area contributed by atoms with Crippen molar-refractivity contribution < 1.29 is 9.53 Å². The molecule has 4 rings (SSSR count). The predicted molar refractivity (Wildman–Crippen MR) is 107 cm³/mol. The molecule has 0 saturated heterocycles. The molecule has 0 bridgehead atoms. The van der Waals surface area contributed by atoms with E-state index in [0.717, 1.165) is 21.0 Å². The van der Waals surface area contributed by atoms with Crippen molar-refractivity contribution in [3.63, 3.8) is 0 Å². The van der Waals surface area contributed by atoms with E-state index in [-0.39, 0.29) is 5.91 Å². The van der Waals surface area contributed by atoms with E-state index in [9.17, 15) is 4.79 Å². The van der Waals surface area contributed by atoms with Gasteiger partial charge in [-0.3, -0.25) is 9.69 Å². The third kappa shape index (κ3) is 3.19. The number of anilines is 1. The van der Waals surface area contributed by atoms with Gasteiger partial charge in [-0.25, -0.2) is 0 Å². The predicted octanol–water partition coefficient (Wildman–Crippen LogP) is 4.46. The summed E-state index contributed by atoms with van der Waals surface area (Å²) < 4.78 is 6.31. The van der Waals surface area contributed by atoms with Gasteiger partial charge in [0.2, 0.25) is 23.2 Å². The minimum Gasteiger partial charge on any atom is -0.446 e. The van der Waals surface area contributed by atoms with E-state index in [4.69, 9.17) is 4.74 Å². The van der Waals surface area contributed by atoms with Gasteiger partial charge in [-0.15, -0.1) is 21.5 Å². The van der Waals surface area contributed by atoms with Crippen molar-refractivity contribution in [1.82, 2.24) is 15.2 Å². The van der Waals surface area contributed by atoms with Crippen molar-refractivity contribution in [1.29, 1.82) is 0 Å². The highest BCUT2D eigenvalue weighted by atomic mass is 32.2.